The topological polar surface area (TPSA) is 127 Å². The maximum absolute atomic E-state index is 13.4. The molecule has 34 heavy (non-hydrogen) atoms. The van der Waals surface area contributed by atoms with Crippen molar-refractivity contribution in [3.63, 3.8) is 0 Å². The van der Waals surface area contributed by atoms with E-state index in [2.05, 4.69) is 46.3 Å². The zero-order valence-electron chi connectivity index (χ0n) is 17.5. The Morgan fingerprint density at radius 1 is 0.735 bits per heavy atom. The molecule has 18 heteroatoms. The van der Waals surface area contributed by atoms with Crippen LogP contribution < -0.4 is 16.4 Å². The molecule has 0 saturated heterocycles. The number of rotatable bonds is 11. The Morgan fingerprint density at radius 2 is 1.26 bits per heavy atom. The van der Waals surface area contributed by atoms with E-state index < -0.39 is 34.1 Å². The average Bonchev–Trinajstić information content (AvgIpc) is 2.81. The zero-order valence-corrected chi connectivity index (χ0v) is 20.4. The fraction of sp³-hybridized carbons (Fsp3) is 0.250. The van der Waals surface area contributed by atoms with Crippen LogP contribution in [0.2, 0.25) is 16.5 Å². The molecule has 0 radical (unpaired) electrons. The summed E-state index contributed by atoms with van der Waals surface area (Å²) in [6, 6.07) is 0. The molecule has 0 fully saturated rings. The molecule has 0 atom stereocenters. The summed E-state index contributed by atoms with van der Waals surface area (Å²) >= 11 is 20.0. The number of nitrogens with two attached hydrogens (primary N) is 1. The van der Waals surface area contributed by atoms with E-state index in [-0.39, 0.29) is 40.7 Å². The lowest BCUT2D eigenvalue weighted by Crippen LogP contribution is -2.10. The Bertz CT molecular complexity index is 1220. The van der Waals surface area contributed by atoms with Gasteiger partial charge in [-0.25, -0.2) is 9.97 Å². The van der Waals surface area contributed by atoms with Gasteiger partial charge in [-0.2, -0.15) is 37.5 Å². The minimum atomic E-state index is -1.26. The molecular formula is C16H12Cl3F4N9S2. The van der Waals surface area contributed by atoms with Crippen molar-refractivity contribution in [2.24, 2.45) is 0 Å². The van der Waals surface area contributed by atoms with Crippen LogP contribution >= 0.6 is 58.3 Å². The Labute approximate surface area is 214 Å². The lowest BCUT2D eigenvalue weighted by Gasteiger charge is -2.10. The van der Waals surface area contributed by atoms with Crippen molar-refractivity contribution in [3.05, 3.63) is 39.1 Å². The monoisotopic (exact) mass is 576 g/mol. The van der Waals surface area contributed by atoms with Crippen molar-refractivity contribution in [2.45, 2.75) is 10.2 Å². The first-order valence-corrected chi connectivity index (χ1v) is 12.1. The van der Waals surface area contributed by atoms with Gasteiger partial charge < -0.3 is 16.4 Å². The van der Waals surface area contributed by atoms with E-state index >= 15 is 0 Å². The maximum Gasteiger partial charge on any atom is 0.313 e. The Kier molecular flexibility index (Phi) is 8.88. The number of aromatic nitrogens is 6. The highest BCUT2D eigenvalue weighted by atomic mass is 35.5. The van der Waals surface area contributed by atoms with Crippen LogP contribution in [0.25, 0.3) is 0 Å². The van der Waals surface area contributed by atoms with E-state index in [1.807, 2.05) is 0 Å². The maximum atomic E-state index is 13.4. The first-order chi connectivity index (χ1) is 16.7. The van der Waals surface area contributed by atoms with Gasteiger partial charge in [0.1, 0.15) is 25.9 Å². The van der Waals surface area contributed by atoms with Crippen molar-refractivity contribution in [1.29, 1.82) is 0 Å². The van der Waals surface area contributed by atoms with Gasteiger partial charge in [0.05, 0.1) is 0 Å². The van der Waals surface area contributed by atoms with Crippen LogP contribution in [0.1, 0.15) is 0 Å². The van der Waals surface area contributed by atoms with Crippen molar-refractivity contribution in [2.75, 3.05) is 41.0 Å². The molecule has 0 bridgehead atoms. The molecule has 3 aromatic heterocycles. The van der Waals surface area contributed by atoms with Crippen molar-refractivity contribution in [1.82, 2.24) is 29.9 Å². The molecule has 0 aliphatic rings. The highest BCUT2D eigenvalue weighted by molar-refractivity contribution is 7.99. The molecule has 3 heterocycles. The SMILES string of the molecule is [2H]Nc1nc(SCCNc2nc(F)nc(F)c2Cl)nc(SCCNc2nc(F)nc(F)c2Cl)c1Cl. The van der Waals surface area contributed by atoms with E-state index in [0.29, 0.717) is 16.5 Å². The van der Waals surface area contributed by atoms with Crippen molar-refractivity contribution < 1.29 is 19.0 Å². The smallest absolute Gasteiger partial charge is 0.313 e. The second kappa shape index (κ2) is 12.1. The van der Waals surface area contributed by atoms with Gasteiger partial charge in [-0.1, -0.05) is 46.6 Å². The van der Waals surface area contributed by atoms with Gasteiger partial charge in [0.2, 0.25) is 11.9 Å². The molecule has 0 spiro atoms. The molecule has 0 amide bonds. The summed E-state index contributed by atoms with van der Waals surface area (Å²) in [7, 11) is 0. The van der Waals surface area contributed by atoms with Gasteiger partial charge >= 0.3 is 12.2 Å². The van der Waals surface area contributed by atoms with Crippen molar-refractivity contribution >= 4 is 75.8 Å². The van der Waals surface area contributed by atoms with E-state index in [9.17, 15) is 17.6 Å². The molecule has 3 aromatic rings. The van der Waals surface area contributed by atoms with E-state index in [0.717, 1.165) is 11.8 Å². The molecule has 0 aliphatic heterocycles. The quantitative estimate of drug-likeness (QED) is 0.0975. The number of hydrogen-bond donors (Lipinski definition) is 3. The second-order valence-corrected chi connectivity index (χ2v) is 9.20. The summed E-state index contributed by atoms with van der Waals surface area (Å²) in [5.41, 5.74) is 2.12. The van der Waals surface area contributed by atoms with Crippen LogP contribution in [0.3, 0.4) is 0 Å². The summed E-state index contributed by atoms with van der Waals surface area (Å²) in [5, 5.41) is 5.18. The molecule has 9 nitrogen and oxygen atoms in total. The number of anilines is 3. The molecule has 4 N–H and O–H groups in total. The summed E-state index contributed by atoms with van der Waals surface area (Å²) in [6.45, 7) is 0.374. The summed E-state index contributed by atoms with van der Waals surface area (Å²) < 4.78 is 60.5. The van der Waals surface area contributed by atoms with E-state index in [1.54, 1.807) is 0 Å². The van der Waals surface area contributed by atoms with Crippen LogP contribution in [0, 0.1) is 24.1 Å². The Hall–Kier alpha value is -2.07. The van der Waals surface area contributed by atoms with Gasteiger partial charge in [0.15, 0.2) is 18.2 Å². The first kappa shape index (κ1) is 25.0. The van der Waals surface area contributed by atoms with Gasteiger partial charge in [-0.05, 0) is 0 Å². The van der Waals surface area contributed by atoms with Gasteiger partial charge in [-0.15, -0.1) is 11.8 Å². The minimum Gasteiger partial charge on any atom is -0.382 e. The third-order valence-electron chi connectivity index (χ3n) is 3.63. The second-order valence-electron chi connectivity index (χ2n) is 5.92. The highest BCUT2D eigenvalue weighted by Gasteiger charge is 2.15. The fourth-order valence-corrected chi connectivity index (χ4v) is 4.30. The van der Waals surface area contributed by atoms with Crippen LogP contribution in [-0.2, 0) is 0 Å². The molecule has 0 saturated carbocycles. The summed E-state index contributed by atoms with van der Waals surface area (Å²) in [5.74, 6) is -2.06. The van der Waals surface area contributed by atoms with E-state index in [4.69, 9.17) is 36.2 Å². The van der Waals surface area contributed by atoms with Gasteiger partial charge in [-0.3, -0.25) is 0 Å². The minimum absolute atomic E-state index is 0.0542. The number of thioether (sulfide) groups is 2. The number of nitrogens with one attached hydrogen (secondary N) is 2. The Balaban J connectivity index is 1.57. The first-order valence-electron chi connectivity index (χ1n) is 9.45. The number of nitrogen functional groups attached to an aromatic ring is 1. The van der Waals surface area contributed by atoms with Crippen LogP contribution in [0.4, 0.5) is 35.0 Å². The van der Waals surface area contributed by atoms with Crippen molar-refractivity contribution in [3.8, 4) is 0 Å². The molecular weight excluding hydrogens is 565 g/mol. The largest absolute Gasteiger partial charge is 0.382 e. The molecule has 0 unspecified atom stereocenters. The van der Waals surface area contributed by atoms with Crippen LogP contribution in [0.15, 0.2) is 10.2 Å². The molecule has 0 aromatic carbocycles. The van der Waals surface area contributed by atoms with Crippen LogP contribution in [-0.4, -0.2) is 54.5 Å². The lowest BCUT2D eigenvalue weighted by molar-refractivity contribution is 0.484. The van der Waals surface area contributed by atoms with Crippen LogP contribution in [0.5, 0.6) is 0 Å². The zero-order chi connectivity index (χ0) is 25.5. The summed E-state index contributed by atoms with van der Waals surface area (Å²) in [4.78, 5) is 21.0. The van der Waals surface area contributed by atoms with Gasteiger partial charge in [0, 0.05) is 24.6 Å². The fourth-order valence-electron chi connectivity index (χ4n) is 2.22. The molecule has 3 rings (SSSR count). The normalized spacial score (nSPS) is 11.3. The molecule has 0 aliphatic carbocycles. The Morgan fingerprint density at radius 3 is 1.79 bits per heavy atom. The third kappa shape index (κ3) is 6.97. The predicted octanol–water partition coefficient (Wildman–Crippen LogP) is 4.56. The molecule has 182 valence electrons. The summed E-state index contributed by atoms with van der Waals surface area (Å²) in [6.07, 6.45) is -2.52. The van der Waals surface area contributed by atoms with Gasteiger partial charge in [0.25, 0.3) is 0 Å². The number of hydrogen-bond acceptors (Lipinski definition) is 11. The number of halogens is 7. The van der Waals surface area contributed by atoms with E-state index in [1.165, 1.54) is 11.8 Å². The predicted molar refractivity (Wildman–Crippen MR) is 124 cm³/mol. The lowest BCUT2D eigenvalue weighted by atomic mass is 10.5. The highest BCUT2D eigenvalue weighted by Crippen LogP contribution is 2.31. The average molecular weight is 578 g/mol. The standard InChI is InChI=1S/C16H12Cl3F4N9S2/c17-5-8(20)27-14(22)30-11(5)25-1-3-33-13-7(19)10(24)29-16(32-13)34-4-2-26-12-6(18)9(21)28-15(23)31-12/h1-4H2,(H2,24,29,32)(H,25,27,30)(H,26,28,31)/i/hD. The number of nitrogens with zero attached hydrogens (tertiary/aromatic N) is 6. The third-order valence-corrected chi connectivity index (χ3v) is 6.59.